The Labute approximate surface area is 121 Å². The summed E-state index contributed by atoms with van der Waals surface area (Å²) in [5.74, 6) is 0. The molecule has 0 amide bonds. The maximum atomic E-state index is 12.6. The van der Waals surface area contributed by atoms with E-state index in [9.17, 15) is 13.2 Å². The summed E-state index contributed by atoms with van der Waals surface area (Å²) in [5, 5.41) is 2.32. The zero-order valence-corrected chi connectivity index (χ0v) is 12.2. The lowest BCUT2D eigenvalue weighted by Gasteiger charge is -2.13. The quantitative estimate of drug-likeness (QED) is 0.889. The molecule has 8 heteroatoms. The maximum absolute atomic E-state index is 12.6. The van der Waals surface area contributed by atoms with E-state index in [1.54, 1.807) is 6.07 Å². The largest absolute Gasteiger partial charge is 0.443 e. The van der Waals surface area contributed by atoms with Gasteiger partial charge in [0.1, 0.15) is 0 Å². The second-order valence-corrected chi connectivity index (χ2v) is 6.51. The number of hydrogen-bond acceptors (Lipinski definition) is 4. The van der Waals surface area contributed by atoms with E-state index in [0.29, 0.717) is 27.1 Å². The van der Waals surface area contributed by atoms with Crippen LogP contribution in [0.3, 0.4) is 0 Å². The molecule has 19 heavy (non-hydrogen) atoms. The van der Waals surface area contributed by atoms with Gasteiger partial charge in [-0.05, 0) is 18.7 Å². The molecule has 0 saturated carbocycles. The maximum Gasteiger partial charge on any atom is 0.443 e. The van der Waals surface area contributed by atoms with E-state index in [0.717, 1.165) is 4.88 Å². The number of nitrogens with zero attached hydrogens (tertiary/aromatic N) is 1. The van der Waals surface area contributed by atoms with Crippen LogP contribution in [0.5, 0.6) is 0 Å². The van der Waals surface area contributed by atoms with Crippen LogP contribution in [0, 0.1) is 0 Å². The summed E-state index contributed by atoms with van der Waals surface area (Å²) in [6.45, 7) is 2.54. The smallest absolute Gasteiger partial charge is 0.305 e. The van der Waals surface area contributed by atoms with Gasteiger partial charge < -0.3 is 5.32 Å². The number of thiophene rings is 1. The third-order valence-corrected chi connectivity index (χ3v) is 4.74. The molecule has 0 saturated heterocycles. The molecule has 0 aliphatic carbocycles. The molecular formula is C11H10ClF3N2S2. The van der Waals surface area contributed by atoms with Gasteiger partial charge in [0, 0.05) is 16.0 Å². The van der Waals surface area contributed by atoms with E-state index in [-0.39, 0.29) is 6.04 Å². The van der Waals surface area contributed by atoms with Gasteiger partial charge in [0.15, 0.2) is 5.01 Å². The summed E-state index contributed by atoms with van der Waals surface area (Å²) in [5.41, 5.74) is 0. The summed E-state index contributed by atoms with van der Waals surface area (Å²) in [6.07, 6.45) is -3.12. The molecule has 0 radical (unpaired) electrons. The highest BCUT2D eigenvalue weighted by Crippen LogP contribution is 2.38. The van der Waals surface area contributed by atoms with E-state index in [2.05, 4.69) is 10.3 Å². The zero-order valence-electron chi connectivity index (χ0n) is 9.79. The van der Waals surface area contributed by atoms with Crippen LogP contribution in [-0.4, -0.2) is 11.5 Å². The molecule has 104 valence electrons. The van der Waals surface area contributed by atoms with E-state index >= 15 is 0 Å². The van der Waals surface area contributed by atoms with Crippen LogP contribution in [0.1, 0.15) is 27.7 Å². The molecule has 2 aromatic rings. The van der Waals surface area contributed by atoms with Crippen molar-refractivity contribution in [1.29, 1.82) is 0 Å². The van der Waals surface area contributed by atoms with Crippen LogP contribution >= 0.6 is 34.3 Å². The van der Waals surface area contributed by atoms with E-state index in [4.69, 9.17) is 11.6 Å². The molecule has 0 bridgehead atoms. The van der Waals surface area contributed by atoms with Gasteiger partial charge in [-0.15, -0.1) is 22.7 Å². The standard InChI is InChI=1S/C11H10ClF3N2S2/c1-2-16-9(6-3-4-8(12)18-6)7-5-17-10(19-7)11(13,14)15/h3-5,9,16H,2H2,1H3. The van der Waals surface area contributed by atoms with Crippen molar-refractivity contribution in [3.05, 3.63) is 37.4 Å². The summed E-state index contributed by atoms with van der Waals surface area (Å²) in [6, 6.07) is 3.25. The van der Waals surface area contributed by atoms with Gasteiger partial charge in [0.2, 0.25) is 0 Å². The fraction of sp³-hybridized carbons (Fsp3) is 0.364. The van der Waals surface area contributed by atoms with Gasteiger partial charge in [-0.1, -0.05) is 18.5 Å². The molecule has 2 heterocycles. The van der Waals surface area contributed by atoms with Gasteiger partial charge in [-0.25, -0.2) is 4.98 Å². The second-order valence-electron chi connectivity index (χ2n) is 3.70. The van der Waals surface area contributed by atoms with Crippen LogP contribution in [-0.2, 0) is 6.18 Å². The van der Waals surface area contributed by atoms with Crippen molar-refractivity contribution in [2.75, 3.05) is 6.54 Å². The third-order valence-electron chi connectivity index (χ3n) is 2.34. The number of nitrogens with one attached hydrogen (secondary N) is 1. The van der Waals surface area contributed by atoms with Crippen molar-refractivity contribution in [2.24, 2.45) is 0 Å². The first-order chi connectivity index (χ1) is 8.91. The Morgan fingerprint density at radius 2 is 2.05 bits per heavy atom. The lowest BCUT2D eigenvalue weighted by Crippen LogP contribution is -2.20. The Hall–Kier alpha value is -0.630. The highest BCUT2D eigenvalue weighted by Gasteiger charge is 2.35. The van der Waals surface area contributed by atoms with E-state index < -0.39 is 11.2 Å². The van der Waals surface area contributed by atoms with Gasteiger partial charge in [-0.3, -0.25) is 0 Å². The van der Waals surface area contributed by atoms with Crippen molar-refractivity contribution in [1.82, 2.24) is 10.3 Å². The Morgan fingerprint density at radius 3 is 2.53 bits per heavy atom. The predicted molar refractivity (Wildman–Crippen MR) is 72.0 cm³/mol. The van der Waals surface area contributed by atoms with Gasteiger partial charge in [0.05, 0.1) is 10.4 Å². The molecule has 1 atom stereocenters. The fourth-order valence-electron chi connectivity index (χ4n) is 1.58. The molecule has 1 unspecified atom stereocenters. The third kappa shape index (κ3) is 3.47. The summed E-state index contributed by atoms with van der Waals surface area (Å²) in [4.78, 5) is 4.86. The summed E-state index contributed by atoms with van der Waals surface area (Å²) < 4.78 is 38.3. The van der Waals surface area contributed by atoms with Crippen molar-refractivity contribution in [2.45, 2.75) is 19.1 Å². The van der Waals surface area contributed by atoms with Gasteiger partial charge in [0.25, 0.3) is 0 Å². The molecule has 2 rings (SSSR count). The first kappa shape index (κ1) is 14.8. The molecule has 1 N–H and O–H groups in total. The molecule has 2 nitrogen and oxygen atoms in total. The highest BCUT2D eigenvalue weighted by molar-refractivity contribution is 7.16. The van der Waals surface area contributed by atoms with Crippen molar-refractivity contribution >= 4 is 34.3 Å². The highest BCUT2D eigenvalue weighted by atomic mass is 35.5. The molecule has 0 fully saturated rings. The van der Waals surface area contributed by atoms with Crippen molar-refractivity contribution < 1.29 is 13.2 Å². The molecule has 0 aromatic carbocycles. The van der Waals surface area contributed by atoms with Crippen LogP contribution < -0.4 is 5.32 Å². The summed E-state index contributed by atoms with van der Waals surface area (Å²) in [7, 11) is 0. The van der Waals surface area contributed by atoms with Crippen molar-refractivity contribution in [3.8, 4) is 0 Å². The lowest BCUT2D eigenvalue weighted by molar-refractivity contribution is -0.137. The molecular weight excluding hydrogens is 317 g/mol. The van der Waals surface area contributed by atoms with E-state index in [1.165, 1.54) is 17.5 Å². The van der Waals surface area contributed by atoms with Crippen LogP contribution in [0.25, 0.3) is 0 Å². The number of aromatic nitrogens is 1. The molecule has 2 aromatic heterocycles. The predicted octanol–water partition coefficient (Wildman–Crippen LogP) is 4.58. The number of alkyl halides is 3. The Balaban J connectivity index is 2.32. The minimum atomic E-state index is -4.40. The molecule has 0 spiro atoms. The number of rotatable bonds is 4. The topological polar surface area (TPSA) is 24.9 Å². The lowest BCUT2D eigenvalue weighted by atomic mass is 10.2. The SMILES string of the molecule is CCNC(c1ccc(Cl)s1)c1cnc(C(F)(F)F)s1. The van der Waals surface area contributed by atoms with Crippen molar-refractivity contribution in [3.63, 3.8) is 0 Å². The second kappa shape index (κ2) is 5.78. The van der Waals surface area contributed by atoms with Crippen LogP contribution in [0.15, 0.2) is 18.3 Å². The van der Waals surface area contributed by atoms with E-state index in [1.807, 2.05) is 13.0 Å². The summed E-state index contributed by atoms with van der Waals surface area (Å²) >= 11 is 7.87. The average molecular weight is 327 g/mol. The number of halogens is 4. The first-order valence-electron chi connectivity index (χ1n) is 5.43. The Morgan fingerprint density at radius 1 is 1.32 bits per heavy atom. The van der Waals surface area contributed by atoms with Gasteiger partial charge >= 0.3 is 6.18 Å². The Kier molecular flexibility index (Phi) is 4.50. The van der Waals surface area contributed by atoms with Crippen LogP contribution in [0.4, 0.5) is 13.2 Å². The monoisotopic (exact) mass is 326 g/mol. The number of hydrogen-bond donors (Lipinski definition) is 1. The average Bonchev–Trinajstić information content (AvgIpc) is 2.93. The zero-order chi connectivity index (χ0) is 14.0. The fourth-order valence-corrected chi connectivity index (χ4v) is 3.69. The first-order valence-corrected chi connectivity index (χ1v) is 7.44. The molecule has 0 aliphatic heterocycles. The van der Waals surface area contributed by atoms with Gasteiger partial charge in [-0.2, -0.15) is 13.2 Å². The minimum absolute atomic E-state index is 0.295. The Bertz CT molecular complexity index is 550. The normalized spacial score (nSPS) is 13.7. The molecule has 0 aliphatic rings. The van der Waals surface area contributed by atoms with Crippen LogP contribution in [0.2, 0.25) is 4.34 Å². The minimum Gasteiger partial charge on any atom is -0.305 e. The number of thiazole rings is 1.